The Morgan fingerprint density at radius 2 is 2.23 bits per heavy atom. The number of thiazole rings is 1. The number of hydrogen-bond donors (Lipinski definition) is 1. The van der Waals surface area contributed by atoms with Crippen molar-refractivity contribution in [2.24, 2.45) is 0 Å². The third-order valence-electron chi connectivity index (χ3n) is 3.68. The first kappa shape index (κ1) is 14.9. The van der Waals surface area contributed by atoms with E-state index in [0.717, 1.165) is 40.9 Å². The Balaban J connectivity index is 1.88. The van der Waals surface area contributed by atoms with E-state index in [1.807, 2.05) is 31.0 Å². The van der Waals surface area contributed by atoms with E-state index in [-0.39, 0.29) is 11.9 Å². The molecule has 2 aromatic rings. The summed E-state index contributed by atoms with van der Waals surface area (Å²) >= 11 is 1.58. The summed E-state index contributed by atoms with van der Waals surface area (Å²) in [6.45, 7) is 6.34. The average Bonchev–Trinajstić information content (AvgIpc) is 3.07. The normalized spacial score (nSPS) is 17.8. The highest BCUT2D eigenvalue weighted by atomic mass is 32.1. The van der Waals surface area contributed by atoms with Crippen LogP contribution in [0.3, 0.4) is 0 Å². The predicted octanol–water partition coefficient (Wildman–Crippen LogP) is 2.98. The van der Waals surface area contributed by atoms with Gasteiger partial charge >= 0.3 is 0 Å². The fraction of sp³-hybridized carbons (Fsp3) is 0.467. The Morgan fingerprint density at radius 3 is 2.91 bits per heavy atom. The van der Waals surface area contributed by atoms with Crippen molar-refractivity contribution in [3.63, 3.8) is 0 Å². The lowest BCUT2D eigenvalue weighted by Gasteiger charge is -2.22. The van der Waals surface area contributed by atoms with Gasteiger partial charge in [0.1, 0.15) is 5.82 Å². The zero-order chi connectivity index (χ0) is 15.7. The van der Waals surface area contributed by atoms with Gasteiger partial charge in [0.05, 0.1) is 6.04 Å². The van der Waals surface area contributed by atoms with Crippen LogP contribution in [0.2, 0.25) is 0 Å². The molecule has 2 aromatic heterocycles. The lowest BCUT2D eigenvalue weighted by molar-refractivity contribution is -0.129. The van der Waals surface area contributed by atoms with Gasteiger partial charge in [0, 0.05) is 36.3 Å². The number of aromatic nitrogens is 3. The number of aryl methyl sites for hydroxylation is 2. The van der Waals surface area contributed by atoms with E-state index >= 15 is 0 Å². The van der Waals surface area contributed by atoms with Gasteiger partial charge in [0.25, 0.3) is 0 Å². The summed E-state index contributed by atoms with van der Waals surface area (Å²) < 4.78 is 0. The Morgan fingerprint density at radius 1 is 1.41 bits per heavy atom. The Kier molecular flexibility index (Phi) is 4.06. The lowest BCUT2D eigenvalue weighted by atomic mass is 10.2. The molecular weight excluding hydrogens is 298 g/mol. The number of amides is 1. The number of carbonyl (C=O) groups is 1. The summed E-state index contributed by atoms with van der Waals surface area (Å²) in [5, 5.41) is 4.04. The predicted molar refractivity (Wildman–Crippen MR) is 86.3 cm³/mol. The number of hydrogen-bond acceptors (Lipinski definition) is 6. The molecule has 1 aliphatic heterocycles. The van der Waals surface area contributed by atoms with E-state index in [4.69, 9.17) is 0 Å². The number of anilines is 2. The summed E-state index contributed by atoms with van der Waals surface area (Å²) in [6.07, 6.45) is 3.74. The standard InChI is InChI=1S/C15H19N5OS/c1-9-7-13(19-15-16-8-10(2)22-15)18-14(17-9)12-5-4-6-20(12)11(3)21/h7-8,12H,4-6H2,1-3H3,(H,16,17,18,19)/t12-/m1/s1. The van der Waals surface area contributed by atoms with Crippen LogP contribution in [0, 0.1) is 13.8 Å². The molecule has 0 aromatic carbocycles. The third-order valence-corrected chi connectivity index (χ3v) is 4.51. The molecule has 0 bridgehead atoms. The maximum atomic E-state index is 11.7. The van der Waals surface area contributed by atoms with E-state index < -0.39 is 0 Å². The zero-order valence-electron chi connectivity index (χ0n) is 13.0. The number of carbonyl (C=O) groups excluding carboxylic acids is 1. The molecule has 3 rings (SSSR count). The highest BCUT2D eigenvalue weighted by molar-refractivity contribution is 7.15. The van der Waals surface area contributed by atoms with Gasteiger partial charge in [-0.1, -0.05) is 0 Å². The van der Waals surface area contributed by atoms with Gasteiger partial charge in [-0.05, 0) is 26.7 Å². The smallest absolute Gasteiger partial charge is 0.220 e. The molecule has 0 spiro atoms. The van der Waals surface area contributed by atoms with Gasteiger partial charge in [-0.3, -0.25) is 4.79 Å². The minimum absolute atomic E-state index is 0.0176. The fourth-order valence-corrected chi connectivity index (χ4v) is 3.41. The number of likely N-dealkylation sites (tertiary alicyclic amines) is 1. The van der Waals surface area contributed by atoms with Crippen LogP contribution in [0.1, 0.15) is 42.2 Å². The van der Waals surface area contributed by atoms with Gasteiger partial charge in [0.2, 0.25) is 5.91 Å². The molecule has 6 nitrogen and oxygen atoms in total. The van der Waals surface area contributed by atoms with E-state index in [2.05, 4.69) is 20.3 Å². The molecular formula is C15H19N5OS. The van der Waals surface area contributed by atoms with Gasteiger partial charge in [0.15, 0.2) is 11.0 Å². The minimum atomic E-state index is -0.0176. The summed E-state index contributed by atoms with van der Waals surface area (Å²) in [5.41, 5.74) is 0.885. The molecule has 1 amide bonds. The second kappa shape index (κ2) is 6.00. The van der Waals surface area contributed by atoms with Crippen LogP contribution in [-0.4, -0.2) is 32.3 Å². The molecule has 116 valence electrons. The average molecular weight is 317 g/mol. The first-order chi connectivity index (χ1) is 10.5. The van der Waals surface area contributed by atoms with E-state index in [9.17, 15) is 4.79 Å². The molecule has 1 N–H and O–H groups in total. The highest BCUT2D eigenvalue weighted by Crippen LogP contribution is 2.31. The van der Waals surface area contributed by atoms with Crippen molar-refractivity contribution < 1.29 is 4.79 Å². The largest absolute Gasteiger partial charge is 0.333 e. The Bertz CT molecular complexity index is 699. The topological polar surface area (TPSA) is 71.0 Å². The second-order valence-corrected chi connectivity index (χ2v) is 6.76. The lowest BCUT2D eigenvalue weighted by Crippen LogP contribution is -2.29. The Hall–Kier alpha value is -2.02. The second-order valence-electron chi connectivity index (χ2n) is 5.52. The molecule has 1 atom stereocenters. The van der Waals surface area contributed by atoms with Crippen molar-refractivity contribution >= 4 is 28.2 Å². The third kappa shape index (κ3) is 3.09. The maximum absolute atomic E-state index is 11.7. The van der Waals surface area contributed by atoms with Crippen LogP contribution in [0.15, 0.2) is 12.3 Å². The van der Waals surface area contributed by atoms with Crippen LogP contribution >= 0.6 is 11.3 Å². The van der Waals surface area contributed by atoms with E-state index in [0.29, 0.717) is 5.82 Å². The molecule has 1 saturated heterocycles. The van der Waals surface area contributed by atoms with Gasteiger partial charge in [-0.25, -0.2) is 15.0 Å². The van der Waals surface area contributed by atoms with Crippen molar-refractivity contribution in [1.82, 2.24) is 19.9 Å². The molecule has 0 unspecified atom stereocenters. The molecule has 22 heavy (non-hydrogen) atoms. The van der Waals surface area contributed by atoms with Crippen molar-refractivity contribution in [3.8, 4) is 0 Å². The number of nitrogens with one attached hydrogen (secondary N) is 1. The highest BCUT2D eigenvalue weighted by Gasteiger charge is 2.30. The van der Waals surface area contributed by atoms with E-state index in [1.54, 1.807) is 18.3 Å². The number of nitrogens with zero attached hydrogens (tertiary/aromatic N) is 4. The summed E-state index contributed by atoms with van der Waals surface area (Å²) in [6, 6.07) is 1.88. The fourth-order valence-electron chi connectivity index (χ4n) is 2.74. The van der Waals surface area contributed by atoms with Gasteiger partial charge in [-0.2, -0.15) is 0 Å². The van der Waals surface area contributed by atoms with E-state index in [1.165, 1.54) is 0 Å². The quantitative estimate of drug-likeness (QED) is 0.942. The maximum Gasteiger partial charge on any atom is 0.220 e. The van der Waals surface area contributed by atoms with Crippen LogP contribution in [0.4, 0.5) is 10.9 Å². The first-order valence-electron chi connectivity index (χ1n) is 7.35. The van der Waals surface area contributed by atoms with Crippen molar-refractivity contribution in [2.75, 3.05) is 11.9 Å². The Labute approximate surface area is 133 Å². The molecule has 0 aliphatic carbocycles. The van der Waals surface area contributed by atoms with Gasteiger partial charge < -0.3 is 10.2 Å². The van der Waals surface area contributed by atoms with Crippen molar-refractivity contribution in [3.05, 3.63) is 28.7 Å². The zero-order valence-corrected chi connectivity index (χ0v) is 13.8. The molecule has 1 fully saturated rings. The summed E-state index contributed by atoms with van der Waals surface area (Å²) in [5.74, 6) is 1.52. The molecule has 1 aliphatic rings. The molecule has 0 radical (unpaired) electrons. The van der Waals surface area contributed by atoms with Crippen molar-refractivity contribution in [2.45, 2.75) is 39.7 Å². The molecule has 0 saturated carbocycles. The van der Waals surface area contributed by atoms with Crippen LogP contribution in [-0.2, 0) is 4.79 Å². The summed E-state index contributed by atoms with van der Waals surface area (Å²) in [4.78, 5) is 28.2. The van der Waals surface area contributed by atoms with Crippen LogP contribution in [0.25, 0.3) is 0 Å². The van der Waals surface area contributed by atoms with Crippen molar-refractivity contribution in [1.29, 1.82) is 0 Å². The van der Waals surface area contributed by atoms with Crippen LogP contribution in [0.5, 0.6) is 0 Å². The minimum Gasteiger partial charge on any atom is -0.333 e. The SMILES string of the molecule is CC(=O)N1CCC[C@@H]1c1nc(C)cc(Nc2ncc(C)s2)n1. The van der Waals surface area contributed by atoms with Crippen LogP contribution < -0.4 is 5.32 Å². The monoisotopic (exact) mass is 317 g/mol. The van der Waals surface area contributed by atoms with Gasteiger partial charge in [-0.15, -0.1) is 11.3 Å². The summed E-state index contributed by atoms with van der Waals surface area (Å²) in [7, 11) is 0. The molecule has 7 heteroatoms. The first-order valence-corrected chi connectivity index (χ1v) is 8.17. The molecule has 3 heterocycles. The number of rotatable bonds is 3.